The number of anilines is 1. The monoisotopic (exact) mass is 538 g/mol. The molecular formula is C25H29F3N4O4S. The van der Waals surface area contributed by atoms with Crippen LogP contribution in [-0.4, -0.2) is 55.3 Å². The van der Waals surface area contributed by atoms with E-state index in [4.69, 9.17) is 9.47 Å². The Balaban J connectivity index is 1.61. The first-order chi connectivity index (χ1) is 17.5. The zero-order valence-electron chi connectivity index (χ0n) is 21.0. The van der Waals surface area contributed by atoms with Gasteiger partial charge in [-0.2, -0.15) is 0 Å². The molecule has 0 spiro atoms. The maximum absolute atomic E-state index is 14.7. The van der Waals surface area contributed by atoms with Gasteiger partial charge in [0.25, 0.3) is 6.43 Å². The second-order valence-corrected chi connectivity index (χ2v) is 11.3. The number of sulfonamides is 1. The molecule has 4 rings (SSSR count). The van der Waals surface area contributed by atoms with Crippen LogP contribution in [0.1, 0.15) is 49.2 Å². The summed E-state index contributed by atoms with van der Waals surface area (Å²) in [5, 5.41) is 3.34. The molecule has 3 aromatic rings. The van der Waals surface area contributed by atoms with Gasteiger partial charge in [-0.1, -0.05) is 18.2 Å². The van der Waals surface area contributed by atoms with Crippen molar-refractivity contribution < 1.29 is 31.1 Å². The Hall–Kier alpha value is -3.12. The highest BCUT2D eigenvalue weighted by molar-refractivity contribution is 7.90. The van der Waals surface area contributed by atoms with E-state index in [0.717, 1.165) is 6.07 Å². The summed E-state index contributed by atoms with van der Waals surface area (Å²) >= 11 is 0. The molecule has 0 radical (unpaired) electrons. The van der Waals surface area contributed by atoms with Crippen LogP contribution in [0.5, 0.6) is 11.5 Å². The van der Waals surface area contributed by atoms with E-state index >= 15 is 0 Å². The first kappa shape index (κ1) is 26.9. The van der Waals surface area contributed by atoms with E-state index in [2.05, 4.69) is 15.3 Å². The van der Waals surface area contributed by atoms with Gasteiger partial charge in [-0.05, 0) is 32.8 Å². The largest absolute Gasteiger partial charge is 0.493 e. The smallest absolute Gasteiger partial charge is 0.266 e. The number of halogens is 3. The zero-order chi connectivity index (χ0) is 26.9. The number of aryl methyl sites for hydroxylation is 1. The Labute approximate surface area is 213 Å². The number of aromatic nitrogens is 2. The van der Waals surface area contributed by atoms with Gasteiger partial charge in [0.2, 0.25) is 10.0 Å². The van der Waals surface area contributed by atoms with Crippen LogP contribution in [0.2, 0.25) is 0 Å². The third-order valence-electron chi connectivity index (χ3n) is 6.25. The molecule has 2 aromatic carbocycles. The Morgan fingerprint density at radius 1 is 1.16 bits per heavy atom. The standard InChI is InChI=1S/C25H29F3N4O4S/c1-14(17-6-5-7-18(23(17)26)24(27)28)29-25-19-12-22(21(35-4)13-20(19)30-15(2)31-25)36-11-10-32(3)37(33,34)16-8-9-16/h5-7,12-14,16,24H,8-11H2,1-4H3,(H,29,30,31)/t14-/m1/s1. The zero-order valence-corrected chi connectivity index (χ0v) is 21.8. The summed E-state index contributed by atoms with van der Waals surface area (Å²) in [6.45, 7) is 3.59. The number of methoxy groups -OCH3 is 1. The Bertz CT molecular complexity index is 1400. The number of hydrogen-bond acceptors (Lipinski definition) is 7. The summed E-state index contributed by atoms with van der Waals surface area (Å²) in [7, 11) is -0.317. The fraction of sp³-hybridized carbons (Fsp3) is 0.440. The lowest BCUT2D eigenvalue weighted by Gasteiger charge is -2.20. The third kappa shape index (κ3) is 5.74. The molecule has 8 nitrogen and oxygen atoms in total. The van der Waals surface area contributed by atoms with Gasteiger partial charge >= 0.3 is 0 Å². The van der Waals surface area contributed by atoms with Gasteiger partial charge in [0.15, 0.2) is 11.5 Å². The van der Waals surface area contributed by atoms with Crippen molar-refractivity contribution in [3.63, 3.8) is 0 Å². The summed E-state index contributed by atoms with van der Waals surface area (Å²) in [6, 6.07) is 6.52. The predicted octanol–water partition coefficient (Wildman–Crippen LogP) is 5.00. The van der Waals surface area contributed by atoms with Gasteiger partial charge in [-0.25, -0.2) is 35.9 Å². The average Bonchev–Trinajstić information content (AvgIpc) is 3.70. The third-order valence-corrected chi connectivity index (χ3v) is 8.62. The summed E-state index contributed by atoms with van der Waals surface area (Å²) < 4.78 is 78.5. The molecule has 0 amide bonds. The number of alkyl halides is 2. The fourth-order valence-corrected chi connectivity index (χ4v) is 5.59. The number of fused-ring (bicyclic) bond motifs is 1. The number of hydrogen-bond donors (Lipinski definition) is 1. The summed E-state index contributed by atoms with van der Waals surface area (Å²) in [5.74, 6) is 0.571. The van der Waals surface area contributed by atoms with Crippen LogP contribution in [0.25, 0.3) is 10.9 Å². The maximum Gasteiger partial charge on any atom is 0.266 e. The molecule has 37 heavy (non-hydrogen) atoms. The highest BCUT2D eigenvalue weighted by Gasteiger charge is 2.38. The normalized spacial score (nSPS) is 14.8. The van der Waals surface area contributed by atoms with Crippen LogP contribution in [0.15, 0.2) is 30.3 Å². The predicted molar refractivity (Wildman–Crippen MR) is 134 cm³/mol. The summed E-state index contributed by atoms with van der Waals surface area (Å²) in [4.78, 5) is 8.88. The highest BCUT2D eigenvalue weighted by Crippen LogP contribution is 2.36. The molecule has 1 saturated carbocycles. The summed E-state index contributed by atoms with van der Waals surface area (Å²) in [6.07, 6.45) is -1.58. The number of likely N-dealkylation sites (N-methyl/N-ethyl adjacent to an activating group) is 1. The number of nitrogens with one attached hydrogen (secondary N) is 1. The lowest BCUT2D eigenvalue weighted by Crippen LogP contribution is -2.33. The molecule has 1 aliphatic rings. The number of ether oxygens (including phenoxy) is 2. The molecular weight excluding hydrogens is 509 g/mol. The van der Waals surface area contributed by atoms with E-state index in [9.17, 15) is 21.6 Å². The Kier molecular flexibility index (Phi) is 7.79. The molecule has 1 atom stereocenters. The number of nitrogens with zero attached hydrogens (tertiary/aromatic N) is 3. The van der Waals surface area contributed by atoms with Crippen LogP contribution in [0, 0.1) is 12.7 Å². The van der Waals surface area contributed by atoms with Gasteiger partial charge in [-0.15, -0.1) is 0 Å². The molecule has 0 aliphatic heterocycles. The molecule has 1 N–H and O–H groups in total. The SMILES string of the molecule is COc1cc2nc(C)nc(N[C@H](C)c3cccc(C(F)F)c3F)c2cc1OCCN(C)S(=O)(=O)C1CC1. The van der Waals surface area contributed by atoms with Crippen LogP contribution in [0.4, 0.5) is 19.0 Å². The van der Waals surface area contributed by atoms with Gasteiger partial charge in [-0.3, -0.25) is 0 Å². The first-order valence-electron chi connectivity index (χ1n) is 11.8. The van der Waals surface area contributed by atoms with Crippen molar-refractivity contribution in [3.8, 4) is 11.5 Å². The van der Waals surface area contributed by atoms with Gasteiger partial charge in [0.1, 0.15) is 24.1 Å². The number of benzene rings is 2. The van der Waals surface area contributed by atoms with E-state index in [0.29, 0.717) is 46.9 Å². The Morgan fingerprint density at radius 2 is 1.86 bits per heavy atom. The molecule has 1 fully saturated rings. The molecule has 1 aliphatic carbocycles. The quantitative estimate of drug-likeness (QED) is 0.367. The van der Waals surface area contributed by atoms with Crippen molar-refractivity contribution in [2.75, 3.05) is 32.6 Å². The average molecular weight is 539 g/mol. The molecule has 1 heterocycles. The second kappa shape index (κ2) is 10.7. The van der Waals surface area contributed by atoms with Gasteiger partial charge in [0.05, 0.1) is 29.5 Å². The van der Waals surface area contributed by atoms with E-state index in [1.165, 1.54) is 30.6 Å². The second-order valence-electron chi connectivity index (χ2n) is 8.97. The first-order valence-corrected chi connectivity index (χ1v) is 13.3. The van der Waals surface area contributed by atoms with Crippen LogP contribution in [-0.2, 0) is 10.0 Å². The van der Waals surface area contributed by atoms with E-state index in [1.54, 1.807) is 26.0 Å². The van der Waals surface area contributed by atoms with Gasteiger partial charge < -0.3 is 14.8 Å². The van der Waals surface area contributed by atoms with Crippen LogP contribution in [0.3, 0.4) is 0 Å². The van der Waals surface area contributed by atoms with Gasteiger partial charge in [0, 0.05) is 30.6 Å². The Morgan fingerprint density at radius 3 is 2.51 bits per heavy atom. The van der Waals surface area contributed by atoms with Crippen LogP contribution < -0.4 is 14.8 Å². The maximum atomic E-state index is 14.7. The van der Waals surface area contributed by atoms with Crippen molar-refractivity contribution in [3.05, 3.63) is 53.1 Å². The van der Waals surface area contributed by atoms with E-state index in [1.807, 2.05) is 0 Å². The van der Waals surface area contributed by atoms with Crippen molar-refractivity contribution in [1.29, 1.82) is 0 Å². The molecule has 0 bridgehead atoms. The van der Waals surface area contributed by atoms with Crippen molar-refractivity contribution in [1.82, 2.24) is 14.3 Å². The molecule has 12 heteroatoms. The van der Waals surface area contributed by atoms with E-state index < -0.39 is 33.9 Å². The number of rotatable bonds is 11. The van der Waals surface area contributed by atoms with Crippen molar-refractivity contribution in [2.45, 2.75) is 44.4 Å². The molecule has 0 saturated heterocycles. The van der Waals surface area contributed by atoms with Crippen molar-refractivity contribution in [2.24, 2.45) is 0 Å². The van der Waals surface area contributed by atoms with E-state index in [-0.39, 0.29) is 24.0 Å². The molecule has 0 unspecified atom stereocenters. The lowest BCUT2D eigenvalue weighted by molar-refractivity contribution is 0.146. The lowest BCUT2D eigenvalue weighted by atomic mass is 10.0. The minimum atomic E-state index is -3.32. The molecule has 1 aromatic heterocycles. The minimum Gasteiger partial charge on any atom is -0.493 e. The van der Waals surface area contributed by atoms with Crippen molar-refractivity contribution >= 4 is 26.7 Å². The summed E-state index contributed by atoms with van der Waals surface area (Å²) in [5.41, 5.74) is -0.0577. The van der Waals surface area contributed by atoms with Crippen LogP contribution >= 0.6 is 0 Å². The topological polar surface area (TPSA) is 93.7 Å². The molecule has 200 valence electrons. The minimum absolute atomic E-state index is 0.0760. The highest BCUT2D eigenvalue weighted by atomic mass is 32.2. The fourth-order valence-electron chi connectivity index (χ4n) is 4.02.